The van der Waals surface area contributed by atoms with Crippen molar-refractivity contribution in [1.82, 2.24) is 4.98 Å². The van der Waals surface area contributed by atoms with Gasteiger partial charge in [0.05, 0.1) is 5.59 Å². The lowest BCUT2D eigenvalue weighted by atomic mass is 9.82. The van der Waals surface area contributed by atoms with E-state index in [4.69, 9.17) is 9.31 Å². The van der Waals surface area contributed by atoms with Crippen LogP contribution in [0.3, 0.4) is 0 Å². The van der Waals surface area contributed by atoms with E-state index in [1.807, 2.05) is 32.2 Å². The van der Waals surface area contributed by atoms with Gasteiger partial charge in [0.25, 0.3) is 0 Å². The van der Waals surface area contributed by atoms with Crippen molar-refractivity contribution >= 4 is 31.7 Å². The first-order valence-corrected chi connectivity index (χ1v) is 7.29. The molecule has 1 aromatic heterocycles. The van der Waals surface area contributed by atoms with Gasteiger partial charge in [0.1, 0.15) is 7.85 Å². The molecule has 0 radical (unpaired) electrons. The average Bonchev–Trinajstić information content (AvgIpc) is 2.49. The monoisotopic (exact) mass is 280 g/mol. The molecule has 1 aliphatic heterocycles. The topological polar surface area (TPSA) is 34.6 Å². The Hall–Kier alpha value is -1.78. The van der Waals surface area contributed by atoms with Gasteiger partial charge in [-0.2, -0.15) is 0 Å². The predicted molar refractivity (Wildman–Crippen MR) is 88.4 cm³/mol. The summed E-state index contributed by atoms with van der Waals surface area (Å²) in [5, 5.41) is 0. The smallest absolute Gasteiger partial charge is 0.404 e. The molecular weight excluding hydrogens is 262 g/mol. The van der Waals surface area contributed by atoms with Crippen molar-refractivity contribution in [3.8, 4) is 0 Å². The van der Waals surface area contributed by atoms with E-state index in [9.17, 15) is 0 Å². The molecule has 0 N–H and O–H groups in total. The van der Waals surface area contributed by atoms with E-state index < -0.39 is 0 Å². The van der Waals surface area contributed by atoms with E-state index in [1.54, 1.807) is 0 Å². The predicted octanol–water partition coefficient (Wildman–Crippen LogP) is -0.411. The lowest BCUT2D eigenvalue weighted by Crippen LogP contribution is -2.46. The van der Waals surface area contributed by atoms with Crippen LogP contribution in [0.15, 0.2) is 48.7 Å². The van der Waals surface area contributed by atoms with E-state index in [1.165, 1.54) is 5.69 Å². The van der Waals surface area contributed by atoms with Gasteiger partial charge in [-0.25, -0.2) is 0 Å². The van der Waals surface area contributed by atoms with Crippen LogP contribution in [0.4, 0.5) is 5.69 Å². The molecule has 21 heavy (non-hydrogen) atoms. The van der Waals surface area contributed by atoms with E-state index in [-0.39, 0.29) is 7.12 Å². The molecule has 1 fully saturated rings. The minimum absolute atomic E-state index is 0.358. The molecule has 2 heterocycles. The third-order valence-corrected chi connectivity index (χ3v) is 3.56. The van der Waals surface area contributed by atoms with Gasteiger partial charge >= 0.3 is 7.12 Å². The molecule has 6 heteroatoms. The van der Waals surface area contributed by atoms with Gasteiger partial charge in [-0.3, -0.25) is 4.98 Å². The van der Waals surface area contributed by atoms with Gasteiger partial charge in [0.15, 0.2) is 0 Å². The Balaban J connectivity index is 1.62. The standard InChI is InChI=1S/C15H18B2N2O2/c16-13-6-7-15(18-12-13)17-20-10-8-19(9-11-21-17)14-4-2-1-3-5-14/h1-7,12H,8-11,16H2. The van der Waals surface area contributed by atoms with Gasteiger partial charge in [-0.1, -0.05) is 29.7 Å². The molecule has 0 saturated carbocycles. The first-order chi connectivity index (χ1) is 10.3. The fourth-order valence-corrected chi connectivity index (χ4v) is 2.39. The summed E-state index contributed by atoms with van der Waals surface area (Å²) in [7, 11) is 1.66. The minimum atomic E-state index is -0.358. The van der Waals surface area contributed by atoms with Crippen LogP contribution in [0.1, 0.15) is 0 Å². The third-order valence-electron chi connectivity index (χ3n) is 3.56. The molecule has 3 rings (SSSR count). The van der Waals surface area contributed by atoms with E-state index in [0.29, 0.717) is 13.2 Å². The summed E-state index contributed by atoms with van der Waals surface area (Å²) in [6.45, 7) is 2.95. The third kappa shape index (κ3) is 3.65. The van der Waals surface area contributed by atoms with Crippen LogP contribution in [0, 0.1) is 0 Å². The second kappa shape index (κ2) is 6.78. The second-order valence-electron chi connectivity index (χ2n) is 5.16. The summed E-state index contributed by atoms with van der Waals surface area (Å²) in [6.07, 6.45) is 1.84. The van der Waals surface area contributed by atoms with Crippen LogP contribution in [-0.4, -0.2) is 46.3 Å². The first-order valence-electron chi connectivity index (χ1n) is 7.29. The Labute approximate surface area is 126 Å². The van der Waals surface area contributed by atoms with Crippen molar-refractivity contribution in [1.29, 1.82) is 0 Å². The summed E-state index contributed by atoms with van der Waals surface area (Å²) < 4.78 is 11.7. The van der Waals surface area contributed by atoms with Gasteiger partial charge < -0.3 is 14.2 Å². The van der Waals surface area contributed by atoms with Gasteiger partial charge in [-0.15, -0.1) is 0 Å². The number of rotatable bonds is 2. The number of aromatic nitrogens is 1. The molecule has 0 unspecified atom stereocenters. The van der Waals surface area contributed by atoms with Crippen molar-refractivity contribution in [2.24, 2.45) is 0 Å². The van der Waals surface area contributed by atoms with E-state index >= 15 is 0 Å². The Morgan fingerprint density at radius 3 is 2.33 bits per heavy atom. The highest BCUT2D eigenvalue weighted by atomic mass is 16.6. The number of hydrogen-bond acceptors (Lipinski definition) is 4. The van der Waals surface area contributed by atoms with Crippen molar-refractivity contribution in [3.05, 3.63) is 48.7 Å². The highest BCUT2D eigenvalue weighted by Crippen LogP contribution is 2.13. The van der Waals surface area contributed by atoms with Gasteiger partial charge in [0.2, 0.25) is 0 Å². The molecule has 2 aromatic rings. The highest BCUT2D eigenvalue weighted by Gasteiger charge is 2.25. The molecular formula is C15H18B2N2O2. The SMILES string of the molecule is Bc1ccc(B2OCCN(c3ccccc3)CCO2)nc1. The van der Waals surface area contributed by atoms with Crippen molar-refractivity contribution in [2.75, 3.05) is 31.2 Å². The fourth-order valence-electron chi connectivity index (χ4n) is 2.39. The Bertz CT molecular complexity index is 556. The normalized spacial score (nSPS) is 16.4. The Morgan fingerprint density at radius 2 is 1.71 bits per heavy atom. The molecule has 0 aliphatic carbocycles. The quantitative estimate of drug-likeness (QED) is 0.700. The van der Waals surface area contributed by atoms with Gasteiger partial charge in [0, 0.05) is 38.2 Å². The highest BCUT2D eigenvalue weighted by molar-refractivity contribution is 6.60. The maximum absolute atomic E-state index is 5.83. The van der Waals surface area contributed by atoms with Crippen LogP contribution >= 0.6 is 0 Å². The summed E-state index contributed by atoms with van der Waals surface area (Å²) >= 11 is 0. The summed E-state index contributed by atoms with van der Waals surface area (Å²) in [6, 6.07) is 14.4. The largest absolute Gasteiger partial charge is 0.513 e. The molecule has 4 nitrogen and oxygen atoms in total. The number of para-hydroxylation sites is 1. The zero-order chi connectivity index (χ0) is 14.5. The van der Waals surface area contributed by atoms with E-state index in [2.05, 4.69) is 34.1 Å². The number of anilines is 1. The maximum atomic E-state index is 5.83. The van der Waals surface area contributed by atoms with Crippen molar-refractivity contribution < 1.29 is 9.31 Å². The lowest BCUT2D eigenvalue weighted by Gasteiger charge is -2.28. The molecule has 1 saturated heterocycles. The molecule has 0 amide bonds. The molecule has 0 spiro atoms. The summed E-state index contributed by atoms with van der Waals surface area (Å²) in [5.41, 5.74) is 3.19. The summed E-state index contributed by atoms with van der Waals surface area (Å²) in [4.78, 5) is 6.66. The van der Waals surface area contributed by atoms with Gasteiger partial charge in [-0.05, 0) is 18.2 Å². The zero-order valence-corrected chi connectivity index (χ0v) is 12.2. The molecule has 106 valence electrons. The van der Waals surface area contributed by atoms with Crippen LogP contribution < -0.4 is 16.0 Å². The van der Waals surface area contributed by atoms with Crippen LogP contribution in [0.25, 0.3) is 0 Å². The lowest BCUT2D eigenvalue weighted by molar-refractivity contribution is 0.197. The molecule has 1 aromatic carbocycles. The fraction of sp³-hybridized carbons (Fsp3) is 0.267. The zero-order valence-electron chi connectivity index (χ0n) is 12.2. The van der Waals surface area contributed by atoms with E-state index in [0.717, 1.165) is 24.1 Å². The number of pyridine rings is 1. The minimum Gasteiger partial charge on any atom is -0.404 e. The number of hydrogen-bond donors (Lipinski definition) is 0. The Kier molecular flexibility index (Phi) is 4.58. The number of nitrogens with zero attached hydrogens (tertiary/aromatic N) is 2. The van der Waals surface area contributed by atoms with Crippen LogP contribution in [0.5, 0.6) is 0 Å². The maximum Gasteiger partial charge on any atom is 0.513 e. The second-order valence-corrected chi connectivity index (χ2v) is 5.16. The van der Waals surface area contributed by atoms with Crippen molar-refractivity contribution in [3.63, 3.8) is 0 Å². The average molecular weight is 280 g/mol. The summed E-state index contributed by atoms with van der Waals surface area (Å²) in [5.74, 6) is 0. The molecule has 0 bridgehead atoms. The molecule has 0 atom stereocenters. The van der Waals surface area contributed by atoms with Crippen LogP contribution in [-0.2, 0) is 9.31 Å². The molecule has 1 aliphatic rings. The Morgan fingerprint density at radius 1 is 1.00 bits per heavy atom. The van der Waals surface area contributed by atoms with Crippen LogP contribution in [0.2, 0.25) is 0 Å². The first kappa shape index (κ1) is 14.2. The van der Waals surface area contributed by atoms with Crippen molar-refractivity contribution in [2.45, 2.75) is 0 Å². The number of benzene rings is 1.